The maximum Gasteiger partial charge on any atom is 0.446 e. The quantitative estimate of drug-likeness (QED) is 0.306. The van der Waals surface area contributed by atoms with E-state index in [0.717, 1.165) is 12.1 Å². The van der Waals surface area contributed by atoms with Gasteiger partial charge in [-0.25, -0.2) is 9.18 Å². The minimum absolute atomic E-state index is 0.0432. The molecule has 2 rings (SSSR count). The van der Waals surface area contributed by atoms with E-state index in [1.54, 1.807) is 0 Å². The Morgan fingerprint density at radius 1 is 0.929 bits per heavy atom. The van der Waals surface area contributed by atoms with E-state index in [2.05, 4.69) is 27.0 Å². The number of hydrogen-bond donors (Lipinski definition) is 2. The van der Waals surface area contributed by atoms with E-state index >= 15 is 0 Å². The molecule has 0 heterocycles. The summed E-state index contributed by atoms with van der Waals surface area (Å²) in [6.45, 7) is 0. The second kappa shape index (κ2) is 8.82. The van der Waals surface area contributed by atoms with Gasteiger partial charge in [0.25, 0.3) is 5.63 Å². The van der Waals surface area contributed by atoms with Crippen molar-refractivity contribution in [1.29, 1.82) is 0 Å². The average molecular weight is 445 g/mol. The summed E-state index contributed by atoms with van der Waals surface area (Å²) in [5.74, 6) is -0.378. The van der Waals surface area contributed by atoms with Crippen LogP contribution in [0, 0.1) is 0 Å². The molecule has 1 atom stereocenters. The molecule has 0 aliphatic rings. The Hall–Kier alpha value is -2.27. The first kappa shape index (κ1) is 22.0. The summed E-state index contributed by atoms with van der Waals surface area (Å²) in [5, 5.41) is 4.77. The number of amides is 2. The molecule has 0 aliphatic carbocycles. The second-order valence-corrected chi connectivity index (χ2v) is 6.66. The number of rotatable bonds is 6. The third-order valence-electron chi connectivity index (χ3n) is 2.97. The first-order chi connectivity index (χ1) is 12.9. The van der Waals surface area contributed by atoms with Crippen molar-refractivity contribution in [3.63, 3.8) is 0 Å². The van der Waals surface area contributed by atoms with Gasteiger partial charge in [0, 0.05) is 16.3 Å². The topological polar surface area (TPSA) is 50.4 Å². The zero-order valence-corrected chi connectivity index (χ0v) is 15.1. The van der Waals surface area contributed by atoms with E-state index < -0.39 is 23.3 Å². The minimum Gasteiger partial charge on any atom is -0.429 e. The van der Waals surface area contributed by atoms with Crippen molar-refractivity contribution < 1.29 is 35.9 Å². The largest absolute Gasteiger partial charge is 0.446 e. The van der Waals surface area contributed by atoms with Gasteiger partial charge in [-0.3, -0.25) is 0 Å². The van der Waals surface area contributed by atoms with E-state index in [-0.39, 0.29) is 33.8 Å². The molecule has 0 fully saturated rings. The summed E-state index contributed by atoms with van der Waals surface area (Å²) in [6.07, 6.45) is -4.22. The lowest BCUT2D eigenvalue weighted by atomic mass is 10.3. The van der Waals surface area contributed by atoms with Gasteiger partial charge in [0.1, 0.15) is 5.75 Å². The molecule has 2 aromatic rings. The van der Waals surface area contributed by atoms with Crippen LogP contribution in [-0.2, 0) is 0 Å². The molecule has 4 nitrogen and oxygen atoms in total. The van der Waals surface area contributed by atoms with Gasteiger partial charge < -0.3 is 15.4 Å². The van der Waals surface area contributed by atoms with Gasteiger partial charge in [0.2, 0.25) is 0 Å². The highest BCUT2D eigenvalue weighted by atomic mass is 35.5. The Labute approximate surface area is 164 Å². The molecule has 0 bridgehead atoms. The summed E-state index contributed by atoms with van der Waals surface area (Å²) >= 11 is 4.39. The van der Waals surface area contributed by atoms with Gasteiger partial charge in [-0.05, 0) is 60.3 Å². The van der Waals surface area contributed by atoms with Crippen LogP contribution < -0.4 is 15.4 Å². The predicted octanol–water partition coefficient (Wildman–Crippen LogP) is 6.45. The molecule has 2 aromatic carbocycles. The molecule has 0 aliphatic heterocycles. The van der Waals surface area contributed by atoms with E-state index in [1.165, 1.54) is 36.4 Å². The molecule has 1 unspecified atom stereocenters. The van der Waals surface area contributed by atoms with Crippen LogP contribution in [0.1, 0.15) is 0 Å². The molecule has 152 valence electrons. The zero-order chi connectivity index (χ0) is 20.9. The van der Waals surface area contributed by atoms with E-state index in [9.17, 15) is 31.1 Å². The number of urea groups is 1. The van der Waals surface area contributed by atoms with Gasteiger partial charge >= 0.3 is 17.6 Å². The molecular formula is C16H11ClF6N2O2S. The highest BCUT2D eigenvalue weighted by Crippen LogP contribution is 2.37. The lowest BCUT2D eigenvalue weighted by Gasteiger charge is -2.17. The number of carbonyl (C=O) groups excluding carboxylic acids is 1. The van der Waals surface area contributed by atoms with Gasteiger partial charge in [0.05, 0.1) is 0 Å². The Kier molecular flexibility index (Phi) is 6.94. The SMILES string of the molecule is O=C(Nc1ccc(OC(F)(F)C(F)Cl)cc1)Nc1ccc(SC(F)(F)F)cc1. The minimum atomic E-state index is -4.42. The van der Waals surface area contributed by atoms with E-state index in [1.807, 2.05) is 0 Å². The summed E-state index contributed by atoms with van der Waals surface area (Å²) in [4.78, 5) is 11.8. The van der Waals surface area contributed by atoms with Crippen molar-refractivity contribution in [1.82, 2.24) is 0 Å². The number of thioether (sulfide) groups is 1. The molecule has 0 aromatic heterocycles. The highest BCUT2D eigenvalue weighted by Gasteiger charge is 2.42. The molecule has 0 radical (unpaired) electrons. The second-order valence-electron chi connectivity index (χ2n) is 5.14. The van der Waals surface area contributed by atoms with E-state index in [4.69, 9.17) is 0 Å². The number of carbonyl (C=O) groups is 1. The van der Waals surface area contributed by atoms with Crippen LogP contribution in [0.15, 0.2) is 53.4 Å². The van der Waals surface area contributed by atoms with Crippen LogP contribution in [0.25, 0.3) is 0 Å². The maximum absolute atomic E-state index is 13.0. The third-order valence-corrected chi connectivity index (χ3v) is 3.96. The van der Waals surface area contributed by atoms with Gasteiger partial charge in [-0.1, -0.05) is 11.6 Å². The molecule has 28 heavy (non-hydrogen) atoms. The first-order valence-electron chi connectivity index (χ1n) is 7.33. The Bertz CT molecular complexity index is 800. The molecule has 2 amide bonds. The summed E-state index contributed by atoms with van der Waals surface area (Å²) in [5.41, 5.74) is -7.02. The standard InChI is InChI=1S/C16H11ClF6N2O2S/c17-13(18)15(19,20)27-11-5-1-9(2-6-11)24-14(26)25-10-3-7-12(8-4-10)28-16(21,22)23/h1-8,13H,(H2,24,25,26). The fraction of sp³-hybridized carbons (Fsp3) is 0.188. The maximum atomic E-state index is 13.0. The van der Waals surface area contributed by atoms with Crippen LogP contribution in [-0.4, -0.2) is 23.3 Å². The molecule has 12 heteroatoms. The lowest BCUT2D eigenvalue weighted by Crippen LogP contribution is -2.32. The van der Waals surface area contributed by atoms with Crippen LogP contribution in [0.3, 0.4) is 0 Å². The average Bonchev–Trinajstić information content (AvgIpc) is 2.57. The number of halogens is 7. The van der Waals surface area contributed by atoms with Crippen LogP contribution in [0.5, 0.6) is 5.75 Å². The van der Waals surface area contributed by atoms with Crippen molar-refractivity contribution in [3.05, 3.63) is 48.5 Å². The summed E-state index contributed by atoms with van der Waals surface area (Å²) in [6, 6.07) is 8.78. The smallest absolute Gasteiger partial charge is 0.429 e. The molecule has 0 saturated carbocycles. The van der Waals surface area contributed by atoms with Crippen LogP contribution >= 0.6 is 23.4 Å². The Balaban J connectivity index is 1.91. The van der Waals surface area contributed by atoms with Crippen LogP contribution in [0.4, 0.5) is 42.5 Å². The monoisotopic (exact) mass is 444 g/mol. The summed E-state index contributed by atoms with van der Waals surface area (Å²) < 4.78 is 79.5. The van der Waals surface area contributed by atoms with Crippen molar-refractivity contribution in [3.8, 4) is 5.75 Å². The summed E-state index contributed by atoms with van der Waals surface area (Å²) in [7, 11) is 0. The first-order valence-corrected chi connectivity index (χ1v) is 8.59. The number of ether oxygens (including phenoxy) is 1. The van der Waals surface area contributed by atoms with Crippen molar-refractivity contribution in [2.24, 2.45) is 0 Å². The zero-order valence-electron chi connectivity index (χ0n) is 13.6. The highest BCUT2D eigenvalue weighted by molar-refractivity contribution is 8.00. The Morgan fingerprint density at radius 3 is 1.82 bits per heavy atom. The number of nitrogens with one attached hydrogen (secondary N) is 2. The lowest BCUT2D eigenvalue weighted by molar-refractivity contribution is -0.199. The van der Waals surface area contributed by atoms with Gasteiger partial charge in [-0.15, -0.1) is 0 Å². The third kappa shape index (κ3) is 7.04. The van der Waals surface area contributed by atoms with Crippen LogP contribution in [0.2, 0.25) is 0 Å². The van der Waals surface area contributed by atoms with Crippen molar-refractivity contribution in [2.45, 2.75) is 22.1 Å². The van der Waals surface area contributed by atoms with Crippen molar-refractivity contribution in [2.75, 3.05) is 10.6 Å². The van der Waals surface area contributed by atoms with E-state index in [0.29, 0.717) is 0 Å². The number of alkyl halides is 7. The van der Waals surface area contributed by atoms with Crippen molar-refractivity contribution >= 4 is 40.8 Å². The van der Waals surface area contributed by atoms with Gasteiger partial charge in [0.15, 0.2) is 0 Å². The predicted molar refractivity (Wildman–Crippen MR) is 93.8 cm³/mol. The molecule has 0 spiro atoms. The fourth-order valence-electron chi connectivity index (χ4n) is 1.84. The fourth-order valence-corrected chi connectivity index (χ4v) is 2.43. The number of anilines is 2. The Morgan fingerprint density at radius 2 is 1.39 bits per heavy atom. The molecular weight excluding hydrogens is 434 g/mol. The molecule has 2 N–H and O–H groups in total. The number of benzene rings is 2. The number of hydrogen-bond acceptors (Lipinski definition) is 3. The normalized spacial score (nSPS) is 13.0. The van der Waals surface area contributed by atoms with Gasteiger partial charge in [-0.2, -0.15) is 22.0 Å². The molecule has 0 saturated heterocycles.